The van der Waals surface area contributed by atoms with Gasteiger partial charge in [-0.1, -0.05) is 12.1 Å². The minimum Gasteiger partial charge on any atom is -0.368 e. The molecule has 1 saturated heterocycles. The number of pyridine rings is 1. The number of anilines is 3. The van der Waals surface area contributed by atoms with Crippen LogP contribution in [0.2, 0.25) is 0 Å². The van der Waals surface area contributed by atoms with Crippen molar-refractivity contribution in [3.8, 4) is 11.1 Å². The Labute approximate surface area is 228 Å². The zero-order valence-corrected chi connectivity index (χ0v) is 22.1. The van der Waals surface area contributed by atoms with Gasteiger partial charge in [0.1, 0.15) is 11.9 Å². The van der Waals surface area contributed by atoms with Crippen LogP contribution in [0.15, 0.2) is 55.0 Å². The molecular formula is C26H33N9O2S. The van der Waals surface area contributed by atoms with Crippen LogP contribution in [0.5, 0.6) is 0 Å². The van der Waals surface area contributed by atoms with E-state index in [-0.39, 0.29) is 19.4 Å². The van der Waals surface area contributed by atoms with Crippen molar-refractivity contribution in [1.29, 1.82) is 0 Å². The van der Waals surface area contributed by atoms with Crippen molar-refractivity contribution >= 4 is 42.8 Å². The predicted molar refractivity (Wildman–Crippen MR) is 151 cm³/mol. The molecule has 38 heavy (non-hydrogen) atoms. The molecule has 2 aromatic heterocycles. The highest BCUT2D eigenvalue weighted by atomic mass is 32.1. The fourth-order valence-electron chi connectivity index (χ4n) is 4.55. The number of nitrogens with zero attached hydrogens (tertiary/aromatic N) is 5. The highest BCUT2D eigenvalue weighted by Crippen LogP contribution is 2.23. The summed E-state index contributed by atoms with van der Waals surface area (Å²) in [6, 6.07) is 11.5. The number of hydrogen-bond donors (Lipinski definition) is 4. The Kier molecular flexibility index (Phi) is 9.10. The highest BCUT2D eigenvalue weighted by Gasteiger charge is 2.20. The molecule has 0 saturated carbocycles. The lowest BCUT2D eigenvalue weighted by Gasteiger charge is -2.34. The van der Waals surface area contributed by atoms with Gasteiger partial charge in [-0.25, -0.2) is 15.0 Å². The van der Waals surface area contributed by atoms with Crippen molar-refractivity contribution in [3.05, 3.63) is 60.6 Å². The minimum absolute atomic E-state index is 0. The van der Waals surface area contributed by atoms with Crippen LogP contribution >= 0.6 is 13.5 Å². The first-order chi connectivity index (χ1) is 18.0. The molecule has 1 atom stereocenters. The van der Waals surface area contributed by atoms with Gasteiger partial charge in [-0.15, -0.1) is 0 Å². The number of amides is 2. The molecular weight excluding hydrogens is 502 g/mol. The number of carbonyl (C=O) groups is 2. The molecule has 0 aliphatic carbocycles. The molecule has 1 aromatic carbocycles. The quantitative estimate of drug-likeness (QED) is 0.363. The Hall–Kier alpha value is -3.74. The molecule has 12 heteroatoms. The molecule has 200 valence electrons. The van der Waals surface area contributed by atoms with Gasteiger partial charge in [-0.2, -0.15) is 13.5 Å². The lowest BCUT2D eigenvalue weighted by Crippen LogP contribution is -2.49. The summed E-state index contributed by atoms with van der Waals surface area (Å²) in [6.45, 7) is 4.91. The van der Waals surface area contributed by atoms with Crippen LogP contribution in [-0.4, -0.2) is 81.9 Å². The molecule has 8 rings (SSSR count). The number of primary amides is 1. The van der Waals surface area contributed by atoms with E-state index in [4.69, 9.17) is 5.73 Å². The zero-order chi connectivity index (χ0) is 25.6. The van der Waals surface area contributed by atoms with Crippen molar-refractivity contribution in [2.75, 3.05) is 49.9 Å². The Morgan fingerprint density at radius 2 is 1.68 bits per heavy atom. The third kappa shape index (κ3) is 7.18. The number of hydrogen-bond acceptors (Lipinski definition) is 9. The van der Waals surface area contributed by atoms with Crippen molar-refractivity contribution in [2.24, 2.45) is 5.73 Å². The molecule has 0 radical (unpaired) electrons. The first kappa shape index (κ1) is 27.3. The third-order valence-electron chi connectivity index (χ3n) is 6.58. The van der Waals surface area contributed by atoms with Crippen molar-refractivity contribution in [1.82, 2.24) is 30.1 Å². The van der Waals surface area contributed by atoms with Crippen LogP contribution in [0.1, 0.15) is 12.0 Å². The lowest BCUT2D eigenvalue weighted by atomic mass is 10.1. The van der Waals surface area contributed by atoms with Crippen molar-refractivity contribution in [2.45, 2.75) is 19.0 Å². The second kappa shape index (κ2) is 12.7. The molecule has 3 aromatic rings. The molecule has 7 heterocycles. The molecule has 8 bridgehead atoms. The van der Waals surface area contributed by atoms with Gasteiger partial charge in [0.15, 0.2) is 0 Å². The molecule has 0 spiro atoms. The van der Waals surface area contributed by atoms with Gasteiger partial charge >= 0.3 is 0 Å². The molecule has 1 unspecified atom stereocenters. The maximum atomic E-state index is 12.5. The fraction of sp³-hybridized carbons (Fsp3) is 0.346. The lowest BCUT2D eigenvalue weighted by molar-refractivity contribution is -0.123. The average Bonchev–Trinajstić information content (AvgIpc) is 2.89. The van der Waals surface area contributed by atoms with Gasteiger partial charge in [0.05, 0.1) is 6.54 Å². The minimum atomic E-state index is -0.706. The monoisotopic (exact) mass is 535 g/mol. The Bertz CT molecular complexity index is 1250. The maximum Gasteiger partial charge on any atom is 0.240 e. The van der Waals surface area contributed by atoms with E-state index in [0.29, 0.717) is 25.5 Å². The largest absolute Gasteiger partial charge is 0.368 e. The van der Waals surface area contributed by atoms with Gasteiger partial charge in [0.2, 0.25) is 17.8 Å². The summed E-state index contributed by atoms with van der Waals surface area (Å²) in [5, 5.41) is 9.28. The van der Waals surface area contributed by atoms with Crippen LogP contribution in [0.25, 0.3) is 11.1 Å². The van der Waals surface area contributed by atoms with E-state index >= 15 is 0 Å². The first-order valence-corrected chi connectivity index (χ1v) is 12.4. The SMILES string of the molecule is NC(=O)C1CCNC(=O)CN2CCN(CC2)Cc2cccc(c2)Nc2cc(ccn2)-c2cnc(nc2)N1.S. The van der Waals surface area contributed by atoms with Crippen molar-refractivity contribution < 1.29 is 9.59 Å². The third-order valence-corrected chi connectivity index (χ3v) is 6.58. The van der Waals surface area contributed by atoms with E-state index in [9.17, 15) is 9.59 Å². The summed E-state index contributed by atoms with van der Waals surface area (Å²) in [5.41, 5.74) is 9.47. The van der Waals surface area contributed by atoms with E-state index in [1.807, 2.05) is 24.3 Å². The fourth-order valence-corrected chi connectivity index (χ4v) is 4.55. The Morgan fingerprint density at radius 3 is 2.42 bits per heavy atom. The van der Waals surface area contributed by atoms with Gasteiger partial charge in [0, 0.05) is 69.1 Å². The Morgan fingerprint density at radius 1 is 0.947 bits per heavy atom. The van der Waals surface area contributed by atoms with Crippen LogP contribution < -0.4 is 21.7 Å². The topological polar surface area (TPSA) is 141 Å². The zero-order valence-electron chi connectivity index (χ0n) is 21.1. The van der Waals surface area contributed by atoms with Crippen LogP contribution in [0, 0.1) is 0 Å². The molecule has 11 nitrogen and oxygen atoms in total. The van der Waals surface area contributed by atoms with Gasteiger partial charge < -0.3 is 21.7 Å². The molecule has 5 N–H and O–H groups in total. The normalized spacial score (nSPS) is 21.8. The van der Waals surface area contributed by atoms with Gasteiger partial charge in [-0.05, 0) is 41.8 Å². The number of piperazine rings is 1. The summed E-state index contributed by atoms with van der Waals surface area (Å²) < 4.78 is 0. The smallest absolute Gasteiger partial charge is 0.240 e. The molecule has 5 aliphatic rings. The maximum absolute atomic E-state index is 12.5. The first-order valence-electron chi connectivity index (χ1n) is 12.4. The summed E-state index contributed by atoms with van der Waals surface area (Å²) >= 11 is 0. The number of aromatic nitrogens is 3. The summed E-state index contributed by atoms with van der Waals surface area (Å²) in [4.78, 5) is 42.2. The van der Waals surface area contributed by atoms with Crippen LogP contribution in [0.4, 0.5) is 17.5 Å². The number of nitrogens with two attached hydrogens (primary N) is 1. The summed E-state index contributed by atoms with van der Waals surface area (Å²) in [7, 11) is 0. The van der Waals surface area contributed by atoms with E-state index in [1.165, 1.54) is 5.56 Å². The number of nitrogens with one attached hydrogen (secondary N) is 3. The predicted octanol–water partition coefficient (Wildman–Crippen LogP) is 1.30. The number of rotatable bonds is 1. The molecule has 5 aliphatic heterocycles. The van der Waals surface area contributed by atoms with Crippen molar-refractivity contribution in [3.63, 3.8) is 0 Å². The van der Waals surface area contributed by atoms with Gasteiger partial charge in [0.25, 0.3) is 0 Å². The number of carbonyl (C=O) groups excluding carboxylic acids is 2. The average molecular weight is 536 g/mol. The second-order valence-corrected chi connectivity index (χ2v) is 9.34. The van der Waals surface area contributed by atoms with E-state index in [0.717, 1.165) is 55.4 Å². The highest BCUT2D eigenvalue weighted by molar-refractivity contribution is 7.59. The Balaban J connectivity index is 0.00000336. The summed E-state index contributed by atoms with van der Waals surface area (Å²) in [6.07, 6.45) is 5.44. The number of benzene rings is 1. The summed E-state index contributed by atoms with van der Waals surface area (Å²) in [5.74, 6) is 0.413. The standard InChI is InChI=1S/C26H31N9O2.H2S/c27-25(37)22-5-7-29-24(36)17-35-10-8-34(9-11-35)16-18-2-1-3-21(12-18)32-23-13-19(4-6-28-23)20-14-30-26(33-22)31-15-20;/h1-4,6,12-15,22H,5,7-11,16-17H2,(H2,27,37)(H,28,32)(H,29,36)(H,30,31,33);1H2. The van der Waals surface area contributed by atoms with Crippen LogP contribution in [-0.2, 0) is 16.1 Å². The van der Waals surface area contributed by atoms with Crippen LogP contribution in [0.3, 0.4) is 0 Å². The van der Waals surface area contributed by atoms with E-state index in [2.05, 4.69) is 52.8 Å². The second-order valence-electron chi connectivity index (χ2n) is 9.34. The van der Waals surface area contributed by atoms with E-state index < -0.39 is 11.9 Å². The van der Waals surface area contributed by atoms with Gasteiger partial charge in [-0.3, -0.25) is 19.4 Å². The molecule has 1 fully saturated rings. The molecule has 2 amide bonds. The van der Waals surface area contributed by atoms with E-state index in [1.54, 1.807) is 18.6 Å².